The fourth-order valence-electron chi connectivity index (χ4n) is 2.55. The standard InChI is InChI=1S/C18H17N3O5S2/c1-10-16(28-18(20-10)15-5-4-6-27-15)9-19-17(22)11-7-13(25-2)14(26-3)8-12(11)21(23)24/h4-8H,9H2,1-3H3,(H,19,22). The van der Waals surface area contributed by atoms with Crippen molar-refractivity contribution in [3.8, 4) is 21.4 Å². The Morgan fingerprint density at radius 3 is 2.61 bits per heavy atom. The number of rotatable bonds is 7. The number of amides is 1. The molecule has 0 bridgehead atoms. The number of nitro groups is 1. The lowest BCUT2D eigenvalue weighted by Crippen LogP contribution is -2.23. The molecule has 0 saturated heterocycles. The van der Waals surface area contributed by atoms with Crippen molar-refractivity contribution < 1.29 is 19.2 Å². The van der Waals surface area contributed by atoms with Crippen molar-refractivity contribution in [3.05, 3.63) is 55.9 Å². The summed E-state index contributed by atoms with van der Waals surface area (Å²) in [7, 11) is 2.78. The summed E-state index contributed by atoms with van der Waals surface area (Å²) in [6.45, 7) is 2.09. The van der Waals surface area contributed by atoms with Crippen LogP contribution in [0.2, 0.25) is 0 Å². The number of nitrogens with one attached hydrogen (secondary N) is 1. The summed E-state index contributed by atoms with van der Waals surface area (Å²) < 4.78 is 10.2. The molecule has 10 heteroatoms. The van der Waals surface area contributed by atoms with Gasteiger partial charge in [-0.05, 0) is 18.4 Å². The first-order chi connectivity index (χ1) is 13.4. The van der Waals surface area contributed by atoms with Gasteiger partial charge < -0.3 is 14.8 Å². The Labute approximate surface area is 168 Å². The van der Waals surface area contributed by atoms with E-state index in [2.05, 4.69) is 10.3 Å². The molecule has 0 aliphatic rings. The quantitative estimate of drug-likeness (QED) is 0.458. The number of carbonyl (C=O) groups is 1. The monoisotopic (exact) mass is 419 g/mol. The van der Waals surface area contributed by atoms with Crippen molar-refractivity contribution >= 4 is 34.3 Å². The predicted octanol–water partition coefficient (Wildman–Crippen LogP) is 4.04. The molecule has 0 unspecified atom stereocenters. The van der Waals surface area contributed by atoms with Gasteiger partial charge >= 0.3 is 0 Å². The van der Waals surface area contributed by atoms with E-state index < -0.39 is 10.8 Å². The number of ether oxygens (including phenoxy) is 2. The zero-order valence-electron chi connectivity index (χ0n) is 15.3. The largest absolute Gasteiger partial charge is 0.493 e. The highest BCUT2D eigenvalue weighted by atomic mass is 32.1. The van der Waals surface area contributed by atoms with Crippen LogP contribution in [-0.2, 0) is 6.54 Å². The normalized spacial score (nSPS) is 10.5. The molecule has 0 aliphatic heterocycles. The smallest absolute Gasteiger partial charge is 0.286 e. The Kier molecular flexibility index (Phi) is 5.90. The summed E-state index contributed by atoms with van der Waals surface area (Å²) in [5, 5.41) is 17.0. The maximum absolute atomic E-state index is 12.6. The van der Waals surface area contributed by atoms with Crippen LogP contribution in [0.1, 0.15) is 20.9 Å². The first-order valence-corrected chi connectivity index (χ1v) is 9.83. The third-order valence-electron chi connectivity index (χ3n) is 3.98. The minimum atomic E-state index is -0.621. The molecule has 28 heavy (non-hydrogen) atoms. The third kappa shape index (κ3) is 3.97. The van der Waals surface area contributed by atoms with Gasteiger partial charge in [-0.15, -0.1) is 22.7 Å². The van der Waals surface area contributed by atoms with Gasteiger partial charge in [0.15, 0.2) is 11.5 Å². The van der Waals surface area contributed by atoms with Crippen molar-refractivity contribution in [2.75, 3.05) is 14.2 Å². The van der Waals surface area contributed by atoms with E-state index in [9.17, 15) is 14.9 Å². The van der Waals surface area contributed by atoms with Crippen molar-refractivity contribution in [1.82, 2.24) is 10.3 Å². The third-order valence-corrected chi connectivity index (χ3v) is 6.17. The molecule has 0 saturated carbocycles. The topological polar surface area (TPSA) is 104 Å². The van der Waals surface area contributed by atoms with E-state index in [4.69, 9.17) is 9.47 Å². The highest BCUT2D eigenvalue weighted by molar-refractivity contribution is 7.21. The number of benzene rings is 1. The molecule has 2 heterocycles. The van der Waals surface area contributed by atoms with Gasteiger partial charge in [-0.3, -0.25) is 14.9 Å². The molecule has 3 rings (SSSR count). The second-order valence-electron chi connectivity index (χ2n) is 5.67. The summed E-state index contributed by atoms with van der Waals surface area (Å²) in [5.41, 5.74) is 0.370. The number of aryl methyl sites for hydroxylation is 1. The van der Waals surface area contributed by atoms with Crippen LogP contribution in [0.3, 0.4) is 0 Å². The van der Waals surface area contributed by atoms with Crippen molar-refractivity contribution in [1.29, 1.82) is 0 Å². The van der Waals surface area contributed by atoms with Crippen LogP contribution in [0.5, 0.6) is 11.5 Å². The van der Waals surface area contributed by atoms with Gasteiger partial charge in [0.1, 0.15) is 10.6 Å². The number of thiazole rings is 1. The van der Waals surface area contributed by atoms with Crippen molar-refractivity contribution in [2.45, 2.75) is 13.5 Å². The van der Waals surface area contributed by atoms with Crippen LogP contribution in [0, 0.1) is 17.0 Å². The van der Waals surface area contributed by atoms with Gasteiger partial charge in [-0.2, -0.15) is 0 Å². The Morgan fingerprint density at radius 2 is 2.00 bits per heavy atom. The Morgan fingerprint density at radius 1 is 1.29 bits per heavy atom. The minimum Gasteiger partial charge on any atom is -0.493 e. The average molecular weight is 419 g/mol. The molecule has 0 radical (unpaired) electrons. The molecule has 0 spiro atoms. The lowest BCUT2D eigenvalue weighted by Gasteiger charge is -2.10. The molecule has 0 aliphatic carbocycles. The molecule has 1 aromatic carbocycles. The van der Waals surface area contributed by atoms with Crippen molar-refractivity contribution in [2.24, 2.45) is 0 Å². The summed E-state index contributed by atoms with van der Waals surface area (Å²) >= 11 is 3.08. The summed E-state index contributed by atoms with van der Waals surface area (Å²) in [6.07, 6.45) is 0. The highest BCUT2D eigenvalue weighted by Crippen LogP contribution is 2.35. The van der Waals surface area contributed by atoms with Gasteiger partial charge in [0.2, 0.25) is 0 Å². The number of carbonyl (C=O) groups excluding carboxylic acids is 1. The van der Waals surface area contributed by atoms with E-state index in [-0.39, 0.29) is 29.3 Å². The molecule has 3 aromatic rings. The number of thiophene rings is 1. The molecular formula is C18H17N3O5S2. The SMILES string of the molecule is COc1cc(C(=O)NCc2sc(-c3cccs3)nc2C)c([N+](=O)[O-])cc1OC. The van der Waals surface area contributed by atoms with E-state index >= 15 is 0 Å². The highest BCUT2D eigenvalue weighted by Gasteiger charge is 2.24. The van der Waals surface area contributed by atoms with Crippen LogP contribution in [0.15, 0.2) is 29.6 Å². The Bertz CT molecular complexity index is 1010. The van der Waals surface area contributed by atoms with Crippen LogP contribution >= 0.6 is 22.7 Å². The Hall–Kier alpha value is -2.98. The molecule has 2 aromatic heterocycles. The fourth-order valence-corrected chi connectivity index (χ4v) is 4.35. The second-order valence-corrected chi connectivity index (χ2v) is 7.70. The lowest BCUT2D eigenvalue weighted by atomic mass is 10.1. The van der Waals surface area contributed by atoms with Crippen LogP contribution in [0.25, 0.3) is 9.88 Å². The summed E-state index contributed by atoms with van der Waals surface area (Å²) in [6, 6.07) is 6.43. The lowest BCUT2D eigenvalue weighted by molar-refractivity contribution is -0.385. The number of methoxy groups -OCH3 is 2. The van der Waals surface area contributed by atoms with Crippen molar-refractivity contribution in [3.63, 3.8) is 0 Å². The van der Waals surface area contributed by atoms with Crippen LogP contribution in [-0.4, -0.2) is 30.0 Å². The molecule has 146 valence electrons. The average Bonchev–Trinajstić information content (AvgIpc) is 3.34. The molecule has 0 fully saturated rings. The molecule has 0 atom stereocenters. The first kappa shape index (κ1) is 19.8. The molecule has 1 amide bonds. The fraction of sp³-hybridized carbons (Fsp3) is 0.222. The predicted molar refractivity (Wildman–Crippen MR) is 108 cm³/mol. The number of nitro benzene ring substituents is 1. The van der Waals surface area contributed by atoms with E-state index in [1.165, 1.54) is 37.7 Å². The minimum absolute atomic E-state index is 0.0942. The molecule has 1 N–H and O–H groups in total. The maximum Gasteiger partial charge on any atom is 0.286 e. The van der Waals surface area contributed by atoms with E-state index in [1.807, 2.05) is 24.4 Å². The van der Waals surface area contributed by atoms with Gasteiger partial charge in [0.05, 0.1) is 42.3 Å². The zero-order valence-corrected chi connectivity index (χ0v) is 17.0. The van der Waals surface area contributed by atoms with Gasteiger partial charge in [0, 0.05) is 10.9 Å². The number of hydrogen-bond donors (Lipinski definition) is 1. The molecular weight excluding hydrogens is 402 g/mol. The van der Waals surface area contributed by atoms with E-state index in [0.717, 1.165) is 20.5 Å². The first-order valence-electron chi connectivity index (χ1n) is 8.13. The van der Waals surface area contributed by atoms with Crippen LogP contribution < -0.4 is 14.8 Å². The van der Waals surface area contributed by atoms with E-state index in [0.29, 0.717) is 0 Å². The Balaban J connectivity index is 1.83. The van der Waals surface area contributed by atoms with Crippen LogP contribution in [0.4, 0.5) is 5.69 Å². The number of aromatic nitrogens is 1. The maximum atomic E-state index is 12.6. The molecule has 8 nitrogen and oxygen atoms in total. The van der Waals surface area contributed by atoms with Gasteiger partial charge in [0.25, 0.3) is 11.6 Å². The summed E-state index contributed by atoms with van der Waals surface area (Å²) in [5.74, 6) is -0.144. The number of hydrogen-bond acceptors (Lipinski definition) is 8. The van der Waals surface area contributed by atoms with E-state index in [1.54, 1.807) is 11.3 Å². The zero-order chi connectivity index (χ0) is 20.3. The number of nitrogens with zero attached hydrogens (tertiary/aromatic N) is 2. The summed E-state index contributed by atoms with van der Waals surface area (Å²) in [4.78, 5) is 29.9. The second kappa shape index (κ2) is 8.36. The van der Waals surface area contributed by atoms with Gasteiger partial charge in [-0.1, -0.05) is 6.07 Å². The van der Waals surface area contributed by atoms with Gasteiger partial charge in [-0.25, -0.2) is 4.98 Å².